The molecule has 0 saturated heterocycles. The van der Waals surface area contributed by atoms with Crippen LogP contribution in [-0.4, -0.2) is 23.6 Å². The summed E-state index contributed by atoms with van der Waals surface area (Å²) in [5, 5.41) is 1.16. The zero-order valence-electron chi connectivity index (χ0n) is 11.3. The third kappa shape index (κ3) is 4.47. The summed E-state index contributed by atoms with van der Waals surface area (Å²) < 4.78 is 0. The molecular formula is C11H26N4O. The lowest BCUT2D eigenvalue weighted by molar-refractivity contribution is -0.135. The number of carbonyl (C=O) groups is 1. The Morgan fingerprint density at radius 1 is 1.38 bits per heavy atom. The molecule has 0 aromatic carbocycles. The number of nitrogens with two attached hydrogens (primary N) is 2. The van der Waals surface area contributed by atoms with Gasteiger partial charge >= 0.3 is 0 Å². The summed E-state index contributed by atoms with van der Waals surface area (Å²) in [7, 11) is 1.58. The van der Waals surface area contributed by atoms with E-state index in [1.807, 2.05) is 20.8 Å². The molecule has 0 aromatic rings. The molecule has 0 aromatic heterocycles. The van der Waals surface area contributed by atoms with Gasteiger partial charge in [-0.05, 0) is 19.3 Å². The molecule has 16 heavy (non-hydrogen) atoms. The van der Waals surface area contributed by atoms with Crippen LogP contribution in [0.3, 0.4) is 0 Å². The molecule has 1 amide bonds. The monoisotopic (exact) mass is 230 g/mol. The smallest absolute Gasteiger partial charge is 0.241 e. The number of amides is 1. The van der Waals surface area contributed by atoms with E-state index >= 15 is 0 Å². The van der Waals surface area contributed by atoms with Crippen LogP contribution in [0.25, 0.3) is 0 Å². The molecule has 5 N–H and O–H groups in total. The van der Waals surface area contributed by atoms with Crippen LogP contribution in [0.5, 0.6) is 0 Å². The SMILES string of the molecule is CC(C)C(C)(N)CC(C)(C)C(=O)NN(C)N. The number of rotatable bonds is 5. The second-order valence-electron chi connectivity index (χ2n) is 5.77. The Morgan fingerprint density at radius 3 is 2.12 bits per heavy atom. The van der Waals surface area contributed by atoms with Crippen LogP contribution in [0, 0.1) is 11.3 Å². The van der Waals surface area contributed by atoms with E-state index in [1.54, 1.807) is 7.05 Å². The maximum absolute atomic E-state index is 11.9. The van der Waals surface area contributed by atoms with E-state index in [-0.39, 0.29) is 11.4 Å². The highest BCUT2D eigenvalue weighted by Crippen LogP contribution is 2.31. The van der Waals surface area contributed by atoms with E-state index in [0.717, 1.165) is 5.12 Å². The molecule has 0 aliphatic carbocycles. The summed E-state index contributed by atoms with van der Waals surface area (Å²) in [5.74, 6) is 5.58. The molecule has 5 nitrogen and oxygen atoms in total. The van der Waals surface area contributed by atoms with Crippen LogP contribution in [-0.2, 0) is 4.79 Å². The molecular weight excluding hydrogens is 204 g/mol. The predicted octanol–water partition coefficient (Wildman–Crippen LogP) is 0.613. The fourth-order valence-electron chi connectivity index (χ4n) is 1.55. The van der Waals surface area contributed by atoms with E-state index < -0.39 is 5.41 Å². The minimum absolute atomic E-state index is 0.116. The van der Waals surface area contributed by atoms with Crippen LogP contribution in [0.4, 0.5) is 0 Å². The largest absolute Gasteiger partial charge is 0.325 e. The van der Waals surface area contributed by atoms with Crippen molar-refractivity contribution in [3.05, 3.63) is 0 Å². The van der Waals surface area contributed by atoms with E-state index in [2.05, 4.69) is 19.3 Å². The molecule has 0 spiro atoms. The van der Waals surface area contributed by atoms with E-state index in [9.17, 15) is 4.79 Å². The standard InChI is InChI=1S/C11H26N4O/c1-8(2)11(5,12)7-10(3,4)9(16)14-15(6)13/h8H,7,12-13H2,1-6H3,(H,14,16). The topological polar surface area (TPSA) is 84.4 Å². The first-order valence-electron chi connectivity index (χ1n) is 5.57. The molecule has 0 aliphatic rings. The molecule has 0 saturated carbocycles. The zero-order valence-corrected chi connectivity index (χ0v) is 11.3. The average molecular weight is 230 g/mol. The normalized spacial score (nSPS) is 16.4. The van der Waals surface area contributed by atoms with Gasteiger partial charge in [-0.1, -0.05) is 27.7 Å². The van der Waals surface area contributed by atoms with Gasteiger partial charge < -0.3 is 5.73 Å². The lowest BCUT2D eigenvalue weighted by Crippen LogP contribution is -2.53. The van der Waals surface area contributed by atoms with Crippen molar-refractivity contribution in [1.82, 2.24) is 10.5 Å². The van der Waals surface area contributed by atoms with Crippen molar-refractivity contribution in [2.45, 2.75) is 46.6 Å². The summed E-state index contributed by atoms with van der Waals surface area (Å²) in [4.78, 5) is 11.9. The van der Waals surface area contributed by atoms with E-state index in [1.165, 1.54) is 0 Å². The minimum Gasteiger partial charge on any atom is -0.325 e. The van der Waals surface area contributed by atoms with Gasteiger partial charge in [0.1, 0.15) is 0 Å². The average Bonchev–Trinajstić information content (AvgIpc) is 2.00. The first-order valence-corrected chi connectivity index (χ1v) is 5.57. The van der Waals surface area contributed by atoms with Gasteiger partial charge in [0.05, 0.1) is 0 Å². The third-order valence-electron chi connectivity index (χ3n) is 3.03. The van der Waals surface area contributed by atoms with Crippen LogP contribution in [0.1, 0.15) is 41.0 Å². The summed E-state index contributed by atoms with van der Waals surface area (Å²) in [6, 6.07) is 0. The van der Waals surface area contributed by atoms with Gasteiger partial charge in [-0.25, -0.2) is 0 Å². The van der Waals surface area contributed by atoms with Gasteiger partial charge in [0.15, 0.2) is 0 Å². The molecule has 0 rings (SSSR count). The Balaban J connectivity index is 4.62. The van der Waals surface area contributed by atoms with Gasteiger partial charge in [0.25, 0.3) is 0 Å². The van der Waals surface area contributed by atoms with Crippen molar-refractivity contribution < 1.29 is 4.79 Å². The van der Waals surface area contributed by atoms with Crippen LogP contribution < -0.4 is 17.0 Å². The Kier molecular flexibility index (Phi) is 4.91. The van der Waals surface area contributed by atoms with Crippen molar-refractivity contribution in [2.75, 3.05) is 7.05 Å². The maximum atomic E-state index is 11.9. The van der Waals surface area contributed by atoms with Crippen molar-refractivity contribution in [3.8, 4) is 0 Å². The molecule has 0 fully saturated rings. The number of nitrogens with zero attached hydrogens (tertiary/aromatic N) is 1. The molecule has 1 unspecified atom stereocenters. The summed E-state index contributed by atoms with van der Waals surface area (Å²) in [6.07, 6.45) is 0.608. The van der Waals surface area contributed by atoms with E-state index in [0.29, 0.717) is 12.3 Å². The molecule has 96 valence electrons. The molecule has 0 bridgehead atoms. The molecule has 0 aliphatic heterocycles. The van der Waals surface area contributed by atoms with Gasteiger partial charge in [-0.3, -0.25) is 16.1 Å². The highest BCUT2D eigenvalue weighted by molar-refractivity contribution is 5.81. The van der Waals surface area contributed by atoms with Crippen LogP contribution in [0.15, 0.2) is 0 Å². The summed E-state index contributed by atoms with van der Waals surface area (Å²) in [5.41, 5.74) is 7.84. The quantitative estimate of drug-likeness (QED) is 0.477. The Labute approximate surface area is 98.5 Å². The zero-order chi connectivity index (χ0) is 13.1. The number of hydrogen-bond donors (Lipinski definition) is 3. The maximum Gasteiger partial charge on any atom is 0.241 e. The predicted molar refractivity (Wildman–Crippen MR) is 65.9 cm³/mol. The highest BCUT2D eigenvalue weighted by Gasteiger charge is 2.36. The minimum atomic E-state index is -0.540. The summed E-state index contributed by atoms with van der Waals surface area (Å²) >= 11 is 0. The Hall–Kier alpha value is -0.650. The Bertz CT molecular complexity index is 246. The Morgan fingerprint density at radius 2 is 1.81 bits per heavy atom. The highest BCUT2D eigenvalue weighted by atomic mass is 16.2. The first-order chi connectivity index (χ1) is 6.99. The third-order valence-corrected chi connectivity index (χ3v) is 3.03. The number of carbonyl (C=O) groups excluding carboxylic acids is 1. The van der Waals surface area contributed by atoms with Gasteiger partial charge in [-0.15, -0.1) is 0 Å². The molecule has 5 heteroatoms. The lowest BCUT2D eigenvalue weighted by atomic mass is 9.74. The number of hydrazine groups is 2. The van der Waals surface area contributed by atoms with Crippen molar-refractivity contribution in [3.63, 3.8) is 0 Å². The first kappa shape index (κ1) is 15.3. The second-order valence-corrected chi connectivity index (χ2v) is 5.77. The van der Waals surface area contributed by atoms with Crippen LogP contribution in [0.2, 0.25) is 0 Å². The summed E-state index contributed by atoms with van der Waals surface area (Å²) in [6.45, 7) is 9.84. The number of nitrogens with one attached hydrogen (secondary N) is 1. The van der Waals surface area contributed by atoms with E-state index in [4.69, 9.17) is 11.6 Å². The molecule has 1 atom stereocenters. The van der Waals surface area contributed by atoms with Crippen molar-refractivity contribution >= 4 is 5.91 Å². The van der Waals surface area contributed by atoms with Crippen molar-refractivity contribution in [2.24, 2.45) is 22.9 Å². The van der Waals surface area contributed by atoms with Gasteiger partial charge in [-0.2, -0.15) is 5.12 Å². The van der Waals surface area contributed by atoms with Gasteiger partial charge in [0, 0.05) is 18.0 Å². The van der Waals surface area contributed by atoms with Crippen molar-refractivity contribution in [1.29, 1.82) is 0 Å². The lowest BCUT2D eigenvalue weighted by Gasteiger charge is -2.37. The fraction of sp³-hybridized carbons (Fsp3) is 0.909. The van der Waals surface area contributed by atoms with Crippen LogP contribution >= 0.6 is 0 Å². The molecule has 0 heterocycles. The second kappa shape index (κ2) is 5.12. The number of hydrogen-bond acceptors (Lipinski definition) is 4. The van der Waals surface area contributed by atoms with Gasteiger partial charge in [0.2, 0.25) is 5.91 Å². The fourth-order valence-corrected chi connectivity index (χ4v) is 1.55. The molecule has 0 radical (unpaired) electrons.